The van der Waals surface area contributed by atoms with Gasteiger partial charge in [0.1, 0.15) is 6.61 Å². The molecule has 3 aromatic carbocycles. The Morgan fingerprint density at radius 2 is 1.84 bits per heavy atom. The van der Waals surface area contributed by atoms with Gasteiger partial charge in [0.15, 0.2) is 16.5 Å². The number of fused-ring (bicyclic) bond motifs is 3. The average molecular weight is 524 g/mol. The van der Waals surface area contributed by atoms with Crippen molar-refractivity contribution in [2.45, 2.75) is 6.92 Å². The van der Waals surface area contributed by atoms with E-state index < -0.39 is 0 Å². The topological polar surface area (TPSA) is 85.9 Å². The number of hydrogen-bond donors (Lipinski definition) is 0. The minimum absolute atomic E-state index is 0.171. The Bertz CT molecular complexity index is 1730. The number of para-hydroxylation sites is 2. The number of aromatic nitrogens is 2. The molecular weight excluding hydrogens is 498 g/mol. The summed E-state index contributed by atoms with van der Waals surface area (Å²) in [6, 6.07) is 22.5. The van der Waals surface area contributed by atoms with Gasteiger partial charge in [0.2, 0.25) is 0 Å². The van der Waals surface area contributed by atoms with Crippen LogP contribution in [0.2, 0.25) is 0 Å². The fourth-order valence-electron chi connectivity index (χ4n) is 4.22. The first kappa shape index (κ1) is 25.2. The largest absolute Gasteiger partial charge is 0.493 e. The second-order valence-corrected chi connectivity index (χ2v) is 9.32. The van der Waals surface area contributed by atoms with Crippen LogP contribution in [0.3, 0.4) is 0 Å². The zero-order valence-electron chi connectivity index (χ0n) is 21.0. The Hall–Kier alpha value is -4.45. The summed E-state index contributed by atoms with van der Waals surface area (Å²) in [7, 11) is 1.60. The fraction of sp³-hybridized carbons (Fsp3) is 0.167. The molecule has 0 atom stereocenters. The molecule has 0 saturated carbocycles. The first-order valence-corrected chi connectivity index (χ1v) is 13.0. The summed E-state index contributed by atoms with van der Waals surface area (Å²) in [5, 5.41) is 9.24. The second kappa shape index (κ2) is 11.3. The van der Waals surface area contributed by atoms with Crippen LogP contribution in [0.4, 0.5) is 0 Å². The van der Waals surface area contributed by atoms with Gasteiger partial charge in [-0.05, 0) is 55.0 Å². The Morgan fingerprint density at radius 1 is 1.03 bits per heavy atom. The summed E-state index contributed by atoms with van der Waals surface area (Å²) in [5.41, 5.74) is 3.60. The summed E-state index contributed by atoms with van der Waals surface area (Å²) in [4.78, 5) is 19.4. The van der Waals surface area contributed by atoms with Gasteiger partial charge in [0.05, 0.1) is 46.8 Å². The van der Waals surface area contributed by atoms with Gasteiger partial charge < -0.3 is 14.2 Å². The van der Waals surface area contributed by atoms with Gasteiger partial charge in [-0.2, -0.15) is 5.26 Å². The standard InChI is InChI=1S/C30H25N3O4S/c1-3-36-17-18-37-28-22(7-6-9-25(28)35-2)15-16-23-27(21-13-11-20(19-31)12-14-21)29(34)33-24-8-4-5-10-26(24)38-30(33)32-23/h4-16H,3,17-18H2,1-2H3/b16-15+. The van der Waals surface area contributed by atoms with E-state index in [1.165, 1.54) is 11.3 Å². The Kier molecular flexibility index (Phi) is 7.50. The van der Waals surface area contributed by atoms with Crippen LogP contribution in [-0.2, 0) is 4.74 Å². The highest BCUT2D eigenvalue weighted by Crippen LogP contribution is 2.33. The van der Waals surface area contributed by atoms with E-state index in [-0.39, 0.29) is 5.56 Å². The van der Waals surface area contributed by atoms with Crippen molar-refractivity contribution in [3.05, 3.63) is 93.9 Å². The molecule has 0 saturated heterocycles. The molecule has 0 spiro atoms. The molecule has 0 unspecified atom stereocenters. The van der Waals surface area contributed by atoms with Crippen molar-refractivity contribution >= 4 is 38.7 Å². The lowest BCUT2D eigenvalue weighted by Gasteiger charge is -2.13. The molecule has 2 aromatic heterocycles. The van der Waals surface area contributed by atoms with Crippen molar-refractivity contribution in [1.29, 1.82) is 5.26 Å². The number of thiazole rings is 1. The number of nitrogens with zero attached hydrogens (tertiary/aromatic N) is 3. The molecule has 0 fully saturated rings. The Morgan fingerprint density at radius 3 is 2.61 bits per heavy atom. The predicted octanol–water partition coefficient (Wildman–Crippen LogP) is 6.04. The molecule has 5 rings (SSSR count). The first-order valence-electron chi connectivity index (χ1n) is 12.1. The third-order valence-electron chi connectivity index (χ3n) is 6.02. The van der Waals surface area contributed by atoms with Gasteiger partial charge in [-0.3, -0.25) is 9.20 Å². The molecule has 7 nitrogen and oxygen atoms in total. The third-order valence-corrected chi connectivity index (χ3v) is 7.04. The maximum absolute atomic E-state index is 13.9. The molecule has 2 heterocycles. The summed E-state index contributed by atoms with van der Waals surface area (Å²) < 4.78 is 19.6. The fourth-order valence-corrected chi connectivity index (χ4v) is 5.25. The van der Waals surface area contributed by atoms with Crippen LogP contribution in [0.1, 0.15) is 23.7 Å². The Balaban J connectivity index is 1.66. The van der Waals surface area contributed by atoms with Crippen LogP contribution in [0, 0.1) is 11.3 Å². The highest BCUT2D eigenvalue weighted by Gasteiger charge is 2.17. The van der Waals surface area contributed by atoms with Gasteiger partial charge in [-0.15, -0.1) is 0 Å². The molecule has 0 N–H and O–H groups in total. The van der Waals surface area contributed by atoms with Crippen LogP contribution >= 0.6 is 11.3 Å². The number of ether oxygens (including phenoxy) is 3. The molecule has 5 aromatic rings. The van der Waals surface area contributed by atoms with Crippen LogP contribution in [-0.4, -0.2) is 36.3 Å². The van der Waals surface area contributed by atoms with Gasteiger partial charge in [0.25, 0.3) is 5.56 Å². The molecule has 190 valence electrons. The van der Waals surface area contributed by atoms with Crippen molar-refractivity contribution < 1.29 is 14.2 Å². The predicted molar refractivity (Wildman–Crippen MR) is 151 cm³/mol. The zero-order chi connectivity index (χ0) is 26.5. The van der Waals surface area contributed by atoms with Crippen LogP contribution in [0.5, 0.6) is 11.5 Å². The normalized spacial score (nSPS) is 11.3. The summed E-state index contributed by atoms with van der Waals surface area (Å²) in [6.45, 7) is 3.38. The highest BCUT2D eigenvalue weighted by atomic mass is 32.1. The molecule has 0 aliphatic carbocycles. The monoisotopic (exact) mass is 523 g/mol. The van der Waals surface area contributed by atoms with Crippen LogP contribution in [0.15, 0.2) is 71.5 Å². The van der Waals surface area contributed by atoms with E-state index in [4.69, 9.17) is 19.2 Å². The molecule has 0 bridgehead atoms. The minimum atomic E-state index is -0.171. The number of benzene rings is 3. The lowest BCUT2D eigenvalue weighted by Crippen LogP contribution is -2.17. The summed E-state index contributed by atoms with van der Waals surface area (Å²) >= 11 is 1.46. The molecule has 8 heteroatoms. The molecule has 0 aliphatic heterocycles. The first-order chi connectivity index (χ1) is 18.6. The van der Waals surface area contributed by atoms with E-state index >= 15 is 0 Å². The minimum Gasteiger partial charge on any atom is -0.493 e. The van der Waals surface area contributed by atoms with Crippen molar-refractivity contribution in [3.8, 4) is 28.7 Å². The van der Waals surface area contributed by atoms with Crippen molar-refractivity contribution in [3.63, 3.8) is 0 Å². The third kappa shape index (κ3) is 4.90. The zero-order valence-corrected chi connectivity index (χ0v) is 21.8. The van der Waals surface area contributed by atoms with E-state index in [2.05, 4.69) is 6.07 Å². The lowest BCUT2D eigenvalue weighted by atomic mass is 10.0. The number of nitriles is 1. The SMILES string of the molecule is CCOCCOc1c(/C=C/c2nc3sc4ccccc4n3c(=O)c2-c2ccc(C#N)cc2)cccc1OC. The summed E-state index contributed by atoms with van der Waals surface area (Å²) in [5.74, 6) is 1.19. The maximum atomic E-state index is 13.9. The van der Waals surface area contributed by atoms with E-state index in [1.807, 2.05) is 61.5 Å². The summed E-state index contributed by atoms with van der Waals surface area (Å²) in [6.07, 6.45) is 3.70. The molecule has 38 heavy (non-hydrogen) atoms. The van der Waals surface area contributed by atoms with E-state index in [9.17, 15) is 10.1 Å². The molecular formula is C30H25N3O4S. The molecule has 0 aliphatic rings. The van der Waals surface area contributed by atoms with Crippen LogP contribution in [0.25, 0.3) is 38.5 Å². The van der Waals surface area contributed by atoms with Gasteiger partial charge >= 0.3 is 0 Å². The van der Waals surface area contributed by atoms with Gasteiger partial charge in [-0.25, -0.2) is 4.98 Å². The maximum Gasteiger partial charge on any atom is 0.267 e. The quantitative estimate of drug-likeness (QED) is 0.219. The van der Waals surface area contributed by atoms with E-state index in [0.717, 1.165) is 15.8 Å². The number of hydrogen-bond acceptors (Lipinski definition) is 7. The van der Waals surface area contributed by atoms with Gasteiger partial charge in [0, 0.05) is 12.2 Å². The van der Waals surface area contributed by atoms with Crippen LogP contribution < -0.4 is 15.0 Å². The van der Waals surface area contributed by atoms with Crippen molar-refractivity contribution in [2.75, 3.05) is 26.9 Å². The number of rotatable bonds is 9. The second-order valence-electron chi connectivity index (χ2n) is 8.31. The Labute approximate surface area is 223 Å². The highest BCUT2D eigenvalue weighted by molar-refractivity contribution is 7.23. The number of methoxy groups -OCH3 is 1. The van der Waals surface area contributed by atoms with E-state index in [0.29, 0.717) is 58.7 Å². The van der Waals surface area contributed by atoms with Crippen molar-refractivity contribution in [2.24, 2.45) is 0 Å². The molecule has 0 radical (unpaired) electrons. The lowest BCUT2D eigenvalue weighted by molar-refractivity contribution is 0.109. The van der Waals surface area contributed by atoms with Gasteiger partial charge in [-0.1, -0.05) is 47.7 Å². The van der Waals surface area contributed by atoms with E-state index in [1.54, 1.807) is 35.8 Å². The molecule has 0 amide bonds. The van der Waals surface area contributed by atoms with Crippen molar-refractivity contribution in [1.82, 2.24) is 9.38 Å². The average Bonchev–Trinajstić information content (AvgIpc) is 3.33. The smallest absolute Gasteiger partial charge is 0.267 e.